The van der Waals surface area contributed by atoms with Gasteiger partial charge in [0, 0.05) is 22.1 Å². The molecule has 0 bridgehead atoms. The van der Waals surface area contributed by atoms with Crippen LogP contribution in [0, 0.1) is 26.7 Å². The van der Waals surface area contributed by atoms with Crippen LogP contribution in [0.1, 0.15) is 33.5 Å². The van der Waals surface area contributed by atoms with Gasteiger partial charge in [-0.15, -0.1) is 0 Å². The molecule has 1 heterocycles. The molecule has 0 radical (unpaired) electrons. The Morgan fingerprint density at radius 2 is 1.88 bits per heavy atom. The number of nitrogens with zero attached hydrogens (tertiary/aromatic N) is 1. The third kappa shape index (κ3) is 5.53. The summed E-state index contributed by atoms with van der Waals surface area (Å²) in [6, 6.07) is 10.5. The zero-order chi connectivity index (χ0) is 23.4. The van der Waals surface area contributed by atoms with E-state index in [0.29, 0.717) is 11.3 Å². The van der Waals surface area contributed by atoms with Crippen molar-refractivity contribution in [3.8, 4) is 0 Å². The molecular formula is C23H24BrN3O5. The van der Waals surface area contributed by atoms with Gasteiger partial charge in [0.15, 0.2) is 6.61 Å². The lowest BCUT2D eigenvalue weighted by Crippen LogP contribution is -2.43. The van der Waals surface area contributed by atoms with E-state index in [1.54, 1.807) is 24.3 Å². The molecule has 9 heteroatoms. The number of hydrogen-bond acceptors (Lipinski definition) is 5. The van der Waals surface area contributed by atoms with Crippen LogP contribution >= 0.6 is 15.9 Å². The van der Waals surface area contributed by atoms with Crippen LogP contribution in [0.15, 0.2) is 40.9 Å². The highest BCUT2D eigenvalue weighted by molar-refractivity contribution is 9.10. The molecule has 3 rings (SSSR count). The summed E-state index contributed by atoms with van der Waals surface area (Å²) >= 11 is 3.43. The zero-order valence-corrected chi connectivity index (χ0v) is 19.6. The molecule has 2 N–H and O–H groups in total. The largest absolute Gasteiger partial charge is 0.455 e. The van der Waals surface area contributed by atoms with Crippen LogP contribution in [0.25, 0.3) is 0 Å². The second-order valence-corrected chi connectivity index (χ2v) is 8.57. The van der Waals surface area contributed by atoms with Gasteiger partial charge in [0.05, 0.1) is 12.5 Å². The number of benzene rings is 2. The molecular weight excluding hydrogens is 478 g/mol. The Kier molecular flexibility index (Phi) is 7.29. The van der Waals surface area contributed by atoms with E-state index in [4.69, 9.17) is 4.74 Å². The Labute approximate surface area is 194 Å². The summed E-state index contributed by atoms with van der Waals surface area (Å²) in [6.45, 7) is 5.19. The highest BCUT2D eigenvalue weighted by Gasteiger charge is 2.36. The topological polar surface area (TPSA) is 105 Å². The van der Waals surface area contributed by atoms with E-state index in [2.05, 4.69) is 26.7 Å². The van der Waals surface area contributed by atoms with E-state index in [1.807, 2.05) is 32.9 Å². The maximum Gasteiger partial charge on any atom is 0.311 e. The molecule has 1 aliphatic rings. The van der Waals surface area contributed by atoms with E-state index in [1.165, 1.54) is 0 Å². The number of halogens is 1. The quantitative estimate of drug-likeness (QED) is 0.591. The first-order valence-electron chi connectivity index (χ1n) is 10.1. The second kappa shape index (κ2) is 9.95. The summed E-state index contributed by atoms with van der Waals surface area (Å²) < 4.78 is 6.04. The average molecular weight is 502 g/mol. The number of rotatable bonds is 6. The standard InChI is InChI=1S/C23H24BrN3O5/c1-13-5-4-6-16(9-13)22(30)26-27-11-17(10-21(27)29)23(31)32-12-20(28)25-19-8-7-18(24)14(2)15(19)3/h4-9,17H,10-12H2,1-3H3,(H,25,28)(H,26,30)/t17-/m0/s1. The summed E-state index contributed by atoms with van der Waals surface area (Å²) in [6.07, 6.45) is -0.0977. The summed E-state index contributed by atoms with van der Waals surface area (Å²) in [7, 11) is 0. The van der Waals surface area contributed by atoms with E-state index >= 15 is 0 Å². The Balaban J connectivity index is 1.50. The van der Waals surface area contributed by atoms with Crippen molar-refractivity contribution in [2.45, 2.75) is 27.2 Å². The van der Waals surface area contributed by atoms with E-state index in [9.17, 15) is 19.2 Å². The highest BCUT2D eigenvalue weighted by atomic mass is 79.9. The van der Waals surface area contributed by atoms with Gasteiger partial charge in [0.1, 0.15) is 0 Å². The van der Waals surface area contributed by atoms with Crippen LogP contribution < -0.4 is 10.7 Å². The molecule has 0 spiro atoms. The normalized spacial score (nSPS) is 15.4. The van der Waals surface area contributed by atoms with Crippen molar-refractivity contribution in [1.82, 2.24) is 10.4 Å². The van der Waals surface area contributed by atoms with Crippen molar-refractivity contribution in [3.05, 3.63) is 63.1 Å². The number of anilines is 1. The molecule has 0 aromatic heterocycles. The smallest absolute Gasteiger partial charge is 0.311 e. The molecule has 2 aromatic rings. The predicted octanol–water partition coefficient (Wildman–Crippen LogP) is 3.05. The third-order valence-electron chi connectivity index (χ3n) is 5.32. The third-order valence-corrected chi connectivity index (χ3v) is 6.17. The molecule has 0 saturated carbocycles. The van der Waals surface area contributed by atoms with Crippen LogP contribution in [0.5, 0.6) is 0 Å². The number of carbonyl (C=O) groups is 4. The minimum absolute atomic E-state index is 0.0120. The van der Waals surface area contributed by atoms with Gasteiger partial charge in [-0.1, -0.05) is 33.6 Å². The van der Waals surface area contributed by atoms with Crippen molar-refractivity contribution >= 4 is 45.3 Å². The molecule has 3 amide bonds. The molecule has 8 nitrogen and oxygen atoms in total. The first-order valence-corrected chi connectivity index (χ1v) is 10.8. The minimum Gasteiger partial charge on any atom is -0.455 e. The van der Waals surface area contributed by atoms with Gasteiger partial charge in [-0.05, 0) is 56.2 Å². The molecule has 168 valence electrons. The van der Waals surface area contributed by atoms with E-state index in [-0.39, 0.29) is 13.0 Å². The van der Waals surface area contributed by atoms with Gasteiger partial charge in [-0.2, -0.15) is 0 Å². The van der Waals surface area contributed by atoms with E-state index < -0.39 is 36.2 Å². The van der Waals surface area contributed by atoms with Crippen LogP contribution in [-0.2, 0) is 19.1 Å². The SMILES string of the molecule is Cc1cccc(C(=O)NN2C[C@@H](C(=O)OCC(=O)Nc3ccc(Br)c(C)c3C)CC2=O)c1. The fraction of sp³-hybridized carbons (Fsp3) is 0.304. The molecule has 32 heavy (non-hydrogen) atoms. The monoisotopic (exact) mass is 501 g/mol. The van der Waals surface area contributed by atoms with Crippen molar-refractivity contribution in [3.63, 3.8) is 0 Å². The van der Waals surface area contributed by atoms with E-state index in [0.717, 1.165) is 26.2 Å². The first kappa shape index (κ1) is 23.5. The Morgan fingerprint density at radius 1 is 1.12 bits per heavy atom. The lowest BCUT2D eigenvalue weighted by atomic mass is 10.1. The minimum atomic E-state index is -0.759. The molecule has 0 aliphatic carbocycles. The van der Waals surface area contributed by atoms with Crippen molar-refractivity contribution < 1.29 is 23.9 Å². The summed E-state index contributed by atoms with van der Waals surface area (Å²) in [4.78, 5) is 49.1. The van der Waals surface area contributed by atoms with Crippen molar-refractivity contribution in [2.24, 2.45) is 5.92 Å². The molecule has 1 atom stereocenters. The number of amides is 3. The maximum absolute atomic E-state index is 12.4. The number of ether oxygens (including phenoxy) is 1. The summed E-state index contributed by atoms with van der Waals surface area (Å²) in [5, 5.41) is 3.83. The van der Waals surface area contributed by atoms with Crippen molar-refractivity contribution in [2.75, 3.05) is 18.5 Å². The lowest BCUT2D eigenvalue weighted by molar-refractivity contribution is -0.151. The number of esters is 1. The summed E-state index contributed by atoms with van der Waals surface area (Å²) in [5.74, 6) is -2.72. The first-order chi connectivity index (χ1) is 15.2. The van der Waals surface area contributed by atoms with Crippen LogP contribution in [0.3, 0.4) is 0 Å². The fourth-order valence-corrected chi connectivity index (χ4v) is 3.74. The van der Waals surface area contributed by atoms with Crippen LogP contribution in [0.2, 0.25) is 0 Å². The number of nitrogens with one attached hydrogen (secondary N) is 2. The molecule has 1 aliphatic heterocycles. The molecule has 2 aromatic carbocycles. The number of aryl methyl sites for hydroxylation is 1. The van der Waals surface area contributed by atoms with Gasteiger partial charge in [0.2, 0.25) is 5.91 Å². The Bertz CT molecular complexity index is 1090. The van der Waals surface area contributed by atoms with Gasteiger partial charge < -0.3 is 10.1 Å². The van der Waals surface area contributed by atoms with Crippen LogP contribution in [-0.4, -0.2) is 41.9 Å². The lowest BCUT2D eigenvalue weighted by Gasteiger charge is -2.17. The fourth-order valence-electron chi connectivity index (χ4n) is 3.31. The molecule has 0 unspecified atom stereocenters. The van der Waals surface area contributed by atoms with Gasteiger partial charge in [-0.25, -0.2) is 0 Å². The second-order valence-electron chi connectivity index (χ2n) is 7.72. The predicted molar refractivity (Wildman–Crippen MR) is 122 cm³/mol. The van der Waals surface area contributed by atoms with Crippen LogP contribution in [0.4, 0.5) is 5.69 Å². The Morgan fingerprint density at radius 3 is 2.59 bits per heavy atom. The molecule has 1 saturated heterocycles. The zero-order valence-electron chi connectivity index (χ0n) is 18.0. The summed E-state index contributed by atoms with van der Waals surface area (Å²) in [5.41, 5.74) is 6.39. The number of carbonyl (C=O) groups excluding carboxylic acids is 4. The number of hydrazine groups is 1. The van der Waals surface area contributed by atoms with Gasteiger partial charge >= 0.3 is 5.97 Å². The van der Waals surface area contributed by atoms with Gasteiger partial charge in [0.25, 0.3) is 11.8 Å². The average Bonchev–Trinajstić information content (AvgIpc) is 3.12. The molecule has 1 fully saturated rings. The number of hydrogen-bond donors (Lipinski definition) is 2. The Hall–Kier alpha value is -3.20. The highest BCUT2D eigenvalue weighted by Crippen LogP contribution is 2.26. The van der Waals surface area contributed by atoms with Crippen molar-refractivity contribution in [1.29, 1.82) is 0 Å². The maximum atomic E-state index is 12.4. The van der Waals surface area contributed by atoms with Gasteiger partial charge in [-0.3, -0.25) is 29.6 Å².